The molecule has 0 radical (unpaired) electrons. The Hall–Kier alpha value is -1.62. The first-order valence-electron chi connectivity index (χ1n) is 6.09. The van der Waals surface area contributed by atoms with Crippen LogP contribution in [0.2, 0.25) is 0 Å². The van der Waals surface area contributed by atoms with Crippen molar-refractivity contribution in [2.45, 2.75) is 19.4 Å². The van der Waals surface area contributed by atoms with Crippen LogP contribution < -0.4 is 16.0 Å². The number of rotatable bonds is 4. The van der Waals surface area contributed by atoms with E-state index in [0.717, 1.165) is 13.0 Å². The number of nitrogens with one attached hydrogen (secondary N) is 1. The molecule has 98 valence electrons. The van der Waals surface area contributed by atoms with Crippen molar-refractivity contribution in [2.75, 3.05) is 30.3 Å². The summed E-state index contributed by atoms with van der Waals surface area (Å²) in [5.74, 6) is -0.172. The summed E-state index contributed by atoms with van der Waals surface area (Å²) in [5, 5.41) is 3.17. The highest BCUT2D eigenvalue weighted by atomic mass is 19.1. The summed E-state index contributed by atoms with van der Waals surface area (Å²) in [7, 11) is 0. The lowest BCUT2D eigenvalue weighted by molar-refractivity contribution is -0.116. The maximum atomic E-state index is 13.7. The first-order valence-corrected chi connectivity index (χ1v) is 6.09. The second-order valence-electron chi connectivity index (χ2n) is 4.73. The number of ketones is 1. The number of hydrogen-bond donors (Lipinski definition) is 2. The van der Waals surface area contributed by atoms with Gasteiger partial charge in [0.2, 0.25) is 0 Å². The minimum absolute atomic E-state index is 0.118. The average Bonchev–Trinajstić information content (AvgIpc) is 2.75. The van der Waals surface area contributed by atoms with Crippen molar-refractivity contribution in [1.29, 1.82) is 0 Å². The van der Waals surface area contributed by atoms with Gasteiger partial charge in [0.25, 0.3) is 0 Å². The number of carbonyl (C=O) groups is 1. The summed E-state index contributed by atoms with van der Waals surface area (Å²) in [5.41, 5.74) is 6.54. The van der Waals surface area contributed by atoms with Crippen molar-refractivity contribution in [2.24, 2.45) is 0 Å². The van der Waals surface area contributed by atoms with Gasteiger partial charge in [-0.1, -0.05) is 0 Å². The zero-order valence-corrected chi connectivity index (χ0v) is 10.4. The predicted octanol–water partition coefficient (Wildman–Crippen LogP) is 1.17. The van der Waals surface area contributed by atoms with E-state index in [1.807, 2.05) is 4.90 Å². The van der Waals surface area contributed by atoms with Gasteiger partial charge in [-0.05, 0) is 31.5 Å². The van der Waals surface area contributed by atoms with E-state index in [2.05, 4.69) is 5.32 Å². The molecular formula is C13H18FN3O. The lowest BCUT2D eigenvalue weighted by atomic mass is 10.2. The summed E-state index contributed by atoms with van der Waals surface area (Å²) in [6.45, 7) is 3.44. The molecule has 1 fully saturated rings. The van der Waals surface area contributed by atoms with Gasteiger partial charge in [-0.25, -0.2) is 4.39 Å². The fourth-order valence-electron chi connectivity index (χ4n) is 2.21. The van der Waals surface area contributed by atoms with E-state index < -0.39 is 0 Å². The van der Waals surface area contributed by atoms with Crippen LogP contribution in [-0.2, 0) is 4.79 Å². The average molecular weight is 251 g/mol. The number of nitrogens with zero attached hydrogens (tertiary/aromatic N) is 1. The van der Waals surface area contributed by atoms with Crippen LogP contribution >= 0.6 is 0 Å². The second-order valence-corrected chi connectivity index (χ2v) is 4.73. The van der Waals surface area contributed by atoms with Crippen LogP contribution in [0.1, 0.15) is 13.3 Å². The van der Waals surface area contributed by atoms with Gasteiger partial charge in [0.1, 0.15) is 11.6 Å². The number of anilines is 2. The SMILES string of the molecule is CC(=O)CNC1CCN(c2ccc(N)cc2F)C1. The molecule has 18 heavy (non-hydrogen) atoms. The molecule has 1 unspecified atom stereocenters. The fourth-order valence-corrected chi connectivity index (χ4v) is 2.21. The molecular weight excluding hydrogens is 233 g/mol. The Morgan fingerprint density at radius 3 is 3.06 bits per heavy atom. The monoisotopic (exact) mass is 251 g/mol. The summed E-state index contributed by atoms with van der Waals surface area (Å²) in [4.78, 5) is 12.9. The Kier molecular flexibility index (Phi) is 3.81. The van der Waals surface area contributed by atoms with Crippen molar-refractivity contribution in [3.8, 4) is 0 Å². The van der Waals surface area contributed by atoms with Gasteiger partial charge in [0, 0.05) is 24.8 Å². The molecule has 1 aliphatic heterocycles. The number of nitrogens with two attached hydrogens (primary N) is 1. The van der Waals surface area contributed by atoms with Gasteiger partial charge in [-0.15, -0.1) is 0 Å². The van der Waals surface area contributed by atoms with Crippen molar-refractivity contribution in [3.63, 3.8) is 0 Å². The highest BCUT2D eigenvalue weighted by molar-refractivity contribution is 5.77. The Balaban J connectivity index is 1.97. The molecule has 1 aromatic rings. The molecule has 0 aliphatic carbocycles. The molecule has 4 nitrogen and oxygen atoms in total. The number of hydrogen-bond acceptors (Lipinski definition) is 4. The summed E-state index contributed by atoms with van der Waals surface area (Å²) in [6, 6.07) is 4.99. The van der Waals surface area contributed by atoms with Gasteiger partial charge < -0.3 is 16.0 Å². The molecule has 0 aromatic heterocycles. The lowest BCUT2D eigenvalue weighted by Gasteiger charge is -2.19. The van der Waals surface area contributed by atoms with Crippen molar-refractivity contribution in [1.82, 2.24) is 5.32 Å². The van der Waals surface area contributed by atoms with E-state index in [-0.39, 0.29) is 17.6 Å². The minimum Gasteiger partial charge on any atom is -0.399 e. The topological polar surface area (TPSA) is 58.4 Å². The van der Waals surface area contributed by atoms with Crippen LogP contribution in [0.25, 0.3) is 0 Å². The van der Waals surface area contributed by atoms with Crippen LogP contribution in [0.15, 0.2) is 18.2 Å². The van der Waals surface area contributed by atoms with Gasteiger partial charge in [0.05, 0.1) is 12.2 Å². The van der Waals surface area contributed by atoms with Gasteiger partial charge >= 0.3 is 0 Å². The molecule has 5 heteroatoms. The van der Waals surface area contributed by atoms with Gasteiger partial charge in [-0.3, -0.25) is 4.79 Å². The van der Waals surface area contributed by atoms with Crippen LogP contribution in [0, 0.1) is 5.82 Å². The maximum absolute atomic E-state index is 13.7. The summed E-state index contributed by atoms with van der Waals surface area (Å²) < 4.78 is 13.7. The van der Waals surface area contributed by atoms with Crippen molar-refractivity contribution < 1.29 is 9.18 Å². The molecule has 0 saturated carbocycles. The predicted molar refractivity (Wildman–Crippen MR) is 70.1 cm³/mol. The quantitative estimate of drug-likeness (QED) is 0.789. The number of halogens is 1. The first-order chi connectivity index (χ1) is 8.56. The molecule has 0 bridgehead atoms. The first kappa shape index (κ1) is 12.8. The molecule has 1 aromatic carbocycles. The Morgan fingerprint density at radius 2 is 2.39 bits per heavy atom. The van der Waals surface area contributed by atoms with Crippen LogP contribution in [0.4, 0.5) is 15.8 Å². The number of Topliss-reactive ketones (excluding diaryl/α,β-unsaturated/α-hetero) is 1. The zero-order valence-electron chi connectivity index (χ0n) is 10.4. The van der Waals surface area contributed by atoms with E-state index in [4.69, 9.17) is 5.73 Å². The van der Waals surface area contributed by atoms with E-state index >= 15 is 0 Å². The molecule has 2 rings (SSSR count). The third kappa shape index (κ3) is 2.98. The second kappa shape index (κ2) is 5.35. The minimum atomic E-state index is -0.290. The number of nitrogen functional groups attached to an aromatic ring is 1. The summed E-state index contributed by atoms with van der Waals surface area (Å²) >= 11 is 0. The molecule has 1 aliphatic rings. The van der Waals surface area contributed by atoms with E-state index in [1.165, 1.54) is 6.07 Å². The molecule has 0 amide bonds. The lowest BCUT2D eigenvalue weighted by Crippen LogP contribution is -2.35. The Bertz CT molecular complexity index is 450. The number of benzene rings is 1. The third-order valence-electron chi connectivity index (χ3n) is 3.14. The van der Waals surface area contributed by atoms with Crippen molar-refractivity contribution in [3.05, 3.63) is 24.0 Å². The molecule has 3 N–H and O–H groups in total. The van der Waals surface area contributed by atoms with Crippen LogP contribution in [0.5, 0.6) is 0 Å². The van der Waals surface area contributed by atoms with Crippen molar-refractivity contribution >= 4 is 17.2 Å². The van der Waals surface area contributed by atoms with Crippen LogP contribution in [0.3, 0.4) is 0 Å². The zero-order chi connectivity index (χ0) is 13.1. The van der Waals surface area contributed by atoms with E-state index in [0.29, 0.717) is 24.5 Å². The highest BCUT2D eigenvalue weighted by Gasteiger charge is 2.24. The largest absolute Gasteiger partial charge is 0.399 e. The van der Waals surface area contributed by atoms with Gasteiger partial charge in [0.15, 0.2) is 0 Å². The molecule has 1 heterocycles. The molecule has 1 saturated heterocycles. The van der Waals surface area contributed by atoms with Crippen LogP contribution in [-0.4, -0.2) is 31.5 Å². The molecule has 0 spiro atoms. The maximum Gasteiger partial charge on any atom is 0.148 e. The number of carbonyl (C=O) groups excluding carboxylic acids is 1. The molecule has 1 atom stereocenters. The smallest absolute Gasteiger partial charge is 0.148 e. The Labute approximate surface area is 106 Å². The van der Waals surface area contributed by atoms with E-state index in [1.54, 1.807) is 19.1 Å². The third-order valence-corrected chi connectivity index (χ3v) is 3.14. The Morgan fingerprint density at radius 1 is 1.61 bits per heavy atom. The normalized spacial score (nSPS) is 19.2. The van der Waals surface area contributed by atoms with E-state index in [9.17, 15) is 9.18 Å². The standard InChI is InChI=1S/C13H18FN3O/c1-9(18)7-16-11-4-5-17(8-11)13-3-2-10(15)6-12(13)14/h2-3,6,11,16H,4-5,7-8,15H2,1H3. The van der Waals surface area contributed by atoms with Gasteiger partial charge in [-0.2, -0.15) is 0 Å². The highest BCUT2D eigenvalue weighted by Crippen LogP contribution is 2.25. The summed E-state index contributed by atoms with van der Waals surface area (Å²) in [6.07, 6.45) is 0.914. The fraction of sp³-hybridized carbons (Fsp3) is 0.462.